The second kappa shape index (κ2) is 12.0. The third kappa shape index (κ3) is 5.13. The minimum Gasteiger partial charge on any atom is -0.495 e. The van der Waals surface area contributed by atoms with Crippen molar-refractivity contribution in [2.75, 3.05) is 36.5 Å². The van der Waals surface area contributed by atoms with Gasteiger partial charge in [-0.25, -0.2) is 14.4 Å². The number of aryl methyl sites for hydroxylation is 1. The molecule has 2 heterocycles. The molecule has 0 aromatic heterocycles. The zero-order valence-corrected chi connectivity index (χ0v) is 24.5. The lowest BCUT2D eigenvalue weighted by Gasteiger charge is -2.43. The molecule has 9 nitrogen and oxygen atoms in total. The molecule has 0 aliphatic carbocycles. The third-order valence-electron chi connectivity index (χ3n) is 8.04. The van der Waals surface area contributed by atoms with Crippen LogP contribution in [0.2, 0.25) is 0 Å². The predicted molar refractivity (Wildman–Crippen MR) is 171 cm³/mol. The number of rotatable bonds is 4. The summed E-state index contributed by atoms with van der Waals surface area (Å²) in [6.45, 7) is 1.89. The first kappa shape index (κ1) is 28.5. The molecule has 0 bridgehead atoms. The zero-order chi connectivity index (χ0) is 30.8. The summed E-state index contributed by atoms with van der Waals surface area (Å²) in [5.41, 5.74) is 5.03. The number of nitrogens with zero attached hydrogens (tertiary/aromatic N) is 4. The van der Waals surface area contributed by atoms with Crippen LogP contribution in [-0.2, 0) is 4.79 Å². The van der Waals surface area contributed by atoms with Gasteiger partial charge in [0.05, 0.1) is 36.4 Å². The van der Waals surface area contributed by atoms with Crippen LogP contribution in [0.4, 0.5) is 32.3 Å². The van der Waals surface area contributed by atoms with Gasteiger partial charge in [0.15, 0.2) is 0 Å². The molecule has 4 aromatic rings. The number of anilines is 4. The van der Waals surface area contributed by atoms with Crippen LogP contribution in [0.25, 0.3) is 12.2 Å². The van der Waals surface area contributed by atoms with Crippen molar-refractivity contribution >= 4 is 52.9 Å². The summed E-state index contributed by atoms with van der Waals surface area (Å²) < 4.78 is 5.60. The summed E-state index contributed by atoms with van der Waals surface area (Å²) in [5.74, 6) is -0.690. The van der Waals surface area contributed by atoms with Crippen LogP contribution in [-0.4, -0.2) is 65.7 Å². The molecule has 44 heavy (non-hydrogen) atoms. The number of ether oxygens (including phenoxy) is 1. The van der Waals surface area contributed by atoms with Gasteiger partial charge in [-0.3, -0.25) is 9.80 Å². The SMILES string of the molecule is COc1ccccc1N(C(=O)N1CCN(C(=O)N2c3ccccc3C=Cc3ccccc32)[C@H](C(=O)O)C1)c1ccccc1C. The summed E-state index contributed by atoms with van der Waals surface area (Å²) in [6, 6.07) is 27.6. The standard InChI is InChI=1S/C35H32N4O5/c1-24-11-3-6-14-27(24)38(30-17-9-10-18-32(30)44-2)34(42)36-21-22-37(31(23-36)33(40)41)35(43)39-28-15-7-4-12-25(28)19-20-26-13-5-8-16-29(26)39/h3-20,31H,21-23H2,1-2H3,(H,40,41)/t31-/m0/s1. The molecular weight excluding hydrogens is 556 g/mol. The Balaban J connectivity index is 1.35. The quantitative estimate of drug-likeness (QED) is 0.284. The zero-order valence-electron chi connectivity index (χ0n) is 24.5. The molecule has 1 saturated heterocycles. The second-order valence-electron chi connectivity index (χ2n) is 10.6. The van der Waals surface area contributed by atoms with Gasteiger partial charge in [0, 0.05) is 13.1 Å². The maximum absolute atomic E-state index is 14.4. The summed E-state index contributed by atoms with van der Waals surface area (Å²) in [7, 11) is 1.54. The average Bonchev–Trinajstić information content (AvgIpc) is 3.22. The molecular formula is C35H32N4O5. The van der Waals surface area contributed by atoms with E-state index in [0.717, 1.165) is 16.7 Å². The van der Waals surface area contributed by atoms with Gasteiger partial charge in [0.1, 0.15) is 11.8 Å². The number of hydrogen-bond donors (Lipinski definition) is 1. The van der Waals surface area contributed by atoms with Crippen LogP contribution < -0.4 is 14.5 Å². The molecule has 0 saturated carbocycles. The molecule has 2 aliphatic rings. The van der Waals surface area contributed by atoms with Crippen LogP contribution in [0.1, 0.15) is 16.7 Å². The van der Waals surface area contributed by atoms with E-state index < -0.39 is 24.1 Å². The number of carboxylic acids is 1. The van der Waals surface area contributed by atoms with Crippen molar-refractivity contribution in [2.24, 2.45) is 0 Å². The number of hydrogen-bond acceptors (Lipinski definition) is 4. The van der Waals surface area contributed by atoms with Gasteiger partial charge in [-0.2, -0.15) is 0 Å². The lowest BCUT2D eigenvalue weighted by Crippen LogP contribution is -2.62. The van der Waals surface area contributed by atoms with Gasteiger partial charge < -0.3 is 19.6 Å². The van der Waals surface area contributed by atoms with Crippen LogP contribution in [0.3, 0.4) is 0 Å². The normalized spacial score (nSPS) is 15.6. The smallest absolute Gasteiger partial charge is 0.330 e. The minimum absolute atomic E-state index is 0.0311. The minimum atomic E-state index is -1.27. The number of carbonyl (C=O) groups is 3. The summed E-state index contributed by atoms with van der Waals surface area (Å²) in [5, 5.41) is 10.4. The van der Waals surface area contributed by atoms with E-state index in [1.165, 1.54) is 9.80 Å². The average molecular weight is 589 g/mol. The van der Waals surface area contributed by atoms with E-state index in [0.29, 0.717) is 28.5 Å². The molecule has 1 atom stereocenters. The first-order valence-corrected chi connectivity index (χ1v) is 14.4. The van der Waals surface area contributed by atoms with Crippen LogP contribution in [0, 0.1) is 6.92 Å². The van der Waals surface area contributed by atoms with Crippen molar-refractivity contribution in [3.63, 3.8) is 0 Å². The fourth-order valence-electron chi connectivity index (χ4n) is 5.81. The summed E-state index contributed by atoms with van der Waals surface area (Å²) >= 11 is 0. The number of benzene rings is 4. The lowest BCUT2D eigenvalue weighted by molar-refractivity contribution is -0.143. The molecule has 9 heteroatoms. The third-order valence-corrected chi connectivity index (χ3v) is 8.04. The Bertz CT molecular complexity index is 1720. The van der Waals surface area contributed by atoms with Crippen LogP contribution in [0.15, 0.2) is 97.1 Å². The van der Waals surface area contributed by atoms with E-state index in [4.69, 9.17) is 4.74 Å². The largest absolute Gasteiger partial charge is 0.495 e. The number of carbonyl (C=O) groups excluding carboxylic acids is 2. The van der Waals surface area contributed by atoms with E-state index in [1.54, 1.807) is 29.0 Å². The number of aliphatic carboxylic acids is 1. The predicted octanol–water partition coefficient (Wildman–Crippen LogP) is 6.77. The van der Waals surface area contributed by atoms with Crippen molar-refractivity contribution < 1.29 is 24.2 Å². The maximum Gasteiger partial charge on any atom is 0.330 e. The van der Waals surface area contributed by atoms with E-state index in [1.807, 2.05) is 104 Å². The van der Waals surface area contributed by atoms with Crippen molar-refractivity contribution in [3.05, 3.63) is 114 Å². The number of piperazine rings is 1. The number of methoxy groups -OCH3 is 1. The number of fused-ring (bicyclic) bond motifs is 2. The Morgan fingerprint density at radius 3 is 1.95 bits per heavy atom. The molecule has 0 unspecified atom stereocenters. The molecule has 4 amide bonds. The van der Waals surface area contributed by atoms with Gasteiger partial charge in [-0.1, -0.05) is 78.9 Å². The van der Waals surface area contributed by atoms with Crippen molar-refractivity contribution in [1.29, 1.82) is 0 Å². The fourth-order valence-corrected chi connectivity index (χ4v) is 5.81. The van der Waals surface area contributed by atoms with Gasteiger partial charge in [-0.15, -0.1) is 0 Å². The van der Waals surface area contributed by atoms with Gasteiger partial charge in [-0.05, 0) is 53.9 Å². The van der Waals surface area contributed by atoms with Gasteiger partial charge in [0.2, 0.25) is 0 Å². The number of para-hydroxylation sites is 5. The maximum atomic E-state index is 14.4. The van der Waals surface area contributed by atoms with Gasteiger partial charge in [0.25, 0.3) is 0 Å². The van der Waals surface area contributed by atoms with Crippen LogP contribution in [0.5, 0.6) is 5.75 Å². The van der Waals surface area contributed by atoms with Gasteiger partial charge >= 0.3 is 18.0 Å². The van der Waals surface area contributed by atoms with Crippen molar-refractivity contribution in [2.45, 2.75) is 13.0 Å². The highest BCUT2D eigenvalue weighted by Gasteiger charge is 2.42. The summed E-state index contributed by atoms with van der Waals surface area (Å²) in [4.78, 5) is 47.4. The van der Waals surface area contributed by atoms with E-state index >= 15 is 0 Å². The molecule has 1 fully saturated rings. The molecule has 4 aromatic carbocycles. The Hall–Kier alpha value is -5.57. The topological polar surface area (TPSA) is 93.6 Å². The number of urea groups is 2. The summed E-state index contributed by atoms with van der Waals surface area (Å²) in [6.07, 6.45) is 3.90. The Labute approximate surface area is 255 Å². The Kier molecular flexibility index (Phi) is 7.76. The first-order chi connectivity index (χ1) is 21.4. The molecule has 6 rings (SSSR count). The fraction of sp³-hybridized carbons (Fsp3) is 0.171. The van der Waals surface area contributed by atoms with Crippen molar-refractivity contribution in [3.8, 4) is 5.75 Å². The highest BCUT2D eigenvalue weighted by molar-refractivity contribution is 6.07. The number of carboxylic acid groups (broad SMARTS) is 1. The highest BCUT2D eigenvalue weighted by Crippen LogP contribution is 2.39. The van der Waals surface area contributed by atoms with Crippen molar-refractivity contribution in [1.82, 2.24) is 9.80 Å². The monoisotopic (exact) mass is 588 g/mol. The van der Waals surface area contributed by atoms with E-state index in [-0.39, 0.29) is 19.6 Å². The van der Waals surface area contributed by atoms with E-state index in [2.05, 4.69) is 0 Å². The lowest BCUT2D eigenvalue weighted by atomic mass is 10.1. The molecule has 222 valence electrons. The Morgan fingerprint density at radius 2 is 1.34 bits per heavy atom. The highest BCUT2D eigenvalue weighted by atomic mass is 16.5. The first-order valence-electron chi connectivity index (χ1n) is 14.4. The van der Waals surface area contributed by atoms with Crippen LogP contribution >= 0.6 is 0 Å². The Morgan fingerprint density at radius 1 is 0.773 bits per heavy atom. The molecule has 1 N–H and O–H groups in total. The molecule has 0 spiro atoms. The second-order valence-corrected chi connectivity index (χ2v) is 10.6. The number of amides is 4. The molecule has 2 aliphatic heterocycles. The molecule has 0 radical (unpaired) electrons. The van der Waals surface area contributed by atoms with E-state index in [9.17, 15) is 19.5 Å².